The molecule has 0 spiro atoms. The molecule has 5 aromatic rings. The van der Waals surface area contributed by atoms with Gasteiger partial charge in [0.15, 0.2) is 0 Å². The Hall–Kier alpha value is -4.37. The maximum Gasteiger partial charge on any atom is 0.264 e. The summed E-state index contributed by atoms with van der Waals surface area (Å²) < 4.78 is 33.8. The van der Waals surface area contributed by atoms with Crippen LogP contribution in [0.15, 0.2) is 125 Å². The van der Waals surface area contributed by atoms with Crippen LogP contribution in [0.5, 0.6) is 5.75 Å². The van der Waals surface area contributed by atoms with Crippen LogP contribution in [0.25, 0.3) is 10.8 Å². The fraction of sp³-hybridized carbons (Fsp3) is 0.0625. The number of benzene rings is 5. The van der Waals surface area contributed by atoms with Gasteiger partial charge in [-0.3, -0.25) is 9.10 Å². The molecule has 0 radical (unpaired) electrons. The van der Waals surface area contributed by atoms with Crippen LogP contribution < -0.4 is 14.5 Å². The largest absolute Gasteiger partial charge is 0.489 e. The predicted molar refractivity (Wildman–Crippen MR) is 168 cm³/mol. The number of halogens is 2. The van der Waals surface area contributed by atoms with Crippen molar-refractivity contribution in [3.05, 3.63) is 136 Å². The predicted octanol–water partition coefficient (Wildman–Crippen LogP) is 7.07. The molecule has 42 heavy (non-hydrogen) atoms. The van der Waals surface area contributed by atoms with Gasteiger partial charge in [0.1, 0.15) is 18.9 Å². The zero-order chi connectivity index (χ0) is 29.5. The highest BCUT2D eigenvalue weighted by atomic mass is 35.5. The van der Waals surface area contributed by atoms with Gasteiger partial charge in [0, 0.05) is 0 Å². The van der Waals surface area contributed by atoms with E-state index in [4.69, 9.17) is 27.9 Å². The fourth-order valence-electron chi connectivity index (χ4n) is 4.25. The highest BCUT2D eigenvalue weighted by molar-refractivity contribution is 7.92. The first-order valence-electron chi connectivity index (χ1n) is 12.9. The lowest BCUT2D eigenvalue weighted by Gasteiger charge is -2.24. The summed E-state index contributed by atoms with van der Waals surface area (Å²) in [5, 5.41) is 6.72. The van der Waals surface area contributed by atoms with Gasteiger partial charge in [-0.25, -0.2) is 13.8 Å². The number of nitrogens with one attached hydrogen (secondary N) is 1. The summed E-state index contributed by atoms with van der Waals surface area (Å²) in [6.45, 7) is -0.112. The Bertz CT molecular complexity index is 1840. The Morgan fingerprint density at radius 3 is 2.31 bits per heavy atom. The fourth-order valence-corrected chi connectivity index (χ4v) is 5.98. The van der Waals surface area contributed by atoms with Crippen LogP contribution in [-0.4, -0.2) is 27.1 Å². The van der Waals surface area contributed by atoms with Crippen LogP contribution in [0.2, 0.25) is 10.0 Å². The van der Waals surface area contributed by atoms with Crippen molar-refractivity contribution in [2.75, 3.05) is 10.8 Å². The number of carbonyl (C=O) groups is 1. The second kappa shape index (κ2) is 13.1. The maximum atomic E-state index is 13.4. The first-order chi connectivity index (χ1) is 20.3. The second-order valence-electron chi connectivity index (χ2n) is 9.21. The standard InChI is InChI=1S/C32H25Cl2N3O4S/c33-30-18-15-26(19-31(30)34)37(42(39,40)28-10-2-1-3-11-28)21-32(38)36-35-20-23-13-16-27(17-14-23)41-22-25-9-6-8-24-7-4-5-12-29(24)25/h1-20H,21-22H2,(H,36,38). The number of ether oxygens (including phenoxy) is 1. The molecule has 10 heteroatoms. The van der Waals surface area contributed by atoms with Gasteiger partial charge < -0.3 is 4.74 Å². The SMILES string of the molecule is O=C(CN(c1ccc(Cl)c(Cl)c1)S(=O)(=O)c1ccccc1)NN=Cc1ccc(OCc2cccc3ccccc23)cc1. The van der Waals surface area contributed by atoms with Gasteiger partial charge in [0.2, 0.25) is 0 Å². The summed E-state index contributed by atoms with van der Waals surface area (Å²) in [6, 6.07) is 33.7. The molecule has 7 nitrogen and oxygen atoms in total. The van der Waals surface area contributed by atoms with E-state index in [2.05, 4.69) is 28.7 Å². The Labute approximate surface area is 254 Å². The minimum Gasteiger partial charge on any atom is -0.489 e. The van der Waals surface area contributed by atoms with Gasteiger partial charge in [0.25, 0.3) is 15.9 Å². The van der Waals surface area contributed by atoms with Gasteiger partial charge in [-0.2, -0.15) is 5.10 Å². The molecule has 1 N–H and O–H groups in total. The number of hydrazone groups is 1. The summed E-state index contributed by atoms with van der Waals surface area (Å²) in [7, 11) is -4.09. The third kappa shape index (κ3) is 6.91. The molecule has 5 rings (SSSR count). The van der Waals surface area contributed by atoms with E-state index in [9.17, 15) is 13.2 Å². The molecule has 0 atom stereocenters. The van der Waals surface area contributed by atoms with Crippen LogP contribution in [0.4, 0.5) is 5.69 Å². The van der Waals surface area contributed by atoms with Crippen molar-refractivity contribution in [3.8, 4) is 5.75 Å². The number of amides is 1. The average molecular weight is 619 g/mol. The van der Waals surface area contributed by atoms with Crippen LogP contribution >= 0.6 is 23.2 Å². The number of fused-ring (bicyclic) bond motifs is 1. The lowest BCUT2D eigenvalue weighted by Crippen LogP contribution is -2.39. The third-order valence-electron chi connectivity index (χ3n) is 6.37. The molecule has 0 bridgehead atoms. The molecule has 5 aromatic carbocycles. The quantitative estimate of drug-likeness (QED) is 0.134. The normalized spacial score (nSPS) is 11.5. The lowest BCUT2D eigenvalue weighted by atomic mass is 10.1. The second-order valence-corrected chi connectivity index (χ2v) is 11.9. The highest BCUT2D eigenvalue weighted by Gasteiger charge is 2.27. The Kier molecular flexibility index (Phi) is 9.07. The third-order valence-corrected chi connectivity index (χ3v) is 8.89. The van der Waals surface area contributed by atoms with Crippen molar-refractivity contribution in [2.24, 2.45) is 5.10 Å². The van der Waals surface area contributed by atoms with Crippen LogP contribution in [-0.2, 0) is 21.4 Å². The van der Waals surface area contributed by atoms with E-state index in [0.29, 0.717) is 17.9 Å². The van der Waals surface area contributed by atoms with E-state index < -0.39 is 22.5 Å². The maximum absolute atomic E-state index is 13.4. The molecule has 0 saturated carbocycles. The number of sulfonamides is 1. The number of hydrogen-bond donors (Lipinski definition) is 1. The summed E-state index contributed by atoms with van der Waals surface area (Å²) in [4.78, 5) is 12.8. The van der Waals surface area contributed by atoms with Crippen molar-refractivity contribution in [2.45, 2.75) is 11.5 Å². The van der Waals surface area contributed by atoms with E-state index in [1.807, 2.05) is 36.4 Å². The Morgan fingerprint density at radius 1 is 0.833 bits per heavy atom. The number of nitrogens with zero attached hydrogens (tertiary/aromatic N) is 2. The Morgan fingerprint density at radius 2 is 1.55 bits per heavy atom. The molecule has 0 heterocycles. The van der Waals surface area contributed by atoms with Crippen molar-refractivity contribution in [1.82, 2.24) is 5.43 Å². The summed E-state index contributed by atoms with van der Waals surface area (Å²) >= 11 is 12.2. The monoisotopic (exact) mass is 617 g/mol. The van der Waals surface area contributed by atoms with Gasteiger partial charge in [-0.05, 0) is 76.5 Å². The first-order valence-corrected chi connectivity index (χ1v) is 15.0. The van der Waals surface area contributed by atoms with Crippen LogP contribution in [0, 0.1) is 0 Å². The number of rotatable bonds is 10. The molecule has 0 saturated heterocycles. The van der Waals surface area contributed by atoms with Gasteiger partial charge in [-0.15, -0.1) is 0 Å². The minimum atomic E-state index is -4.09. The van der Waals surface area contributed by atoms with Crippen LogP contribution in [0.1, 0.15) is 11.1 Å². The molecule has 0 aromatic heterocycles. The number of hydrogen-bond acceptors (Lipinski definition) is 5. The molecule has 0 fully saturated rings. The molecular formula is C32H25Cl2N3O4S. The number of carbonyl (C=O) groups excluding carboxylic acids is 1. The minimum absolute atomic E-state index is 0.0233. The molecule has 1 amide bonds. The average Bonchev–Trinajstić information content (AvgIpc) is 3.01. The van der Waals surface area contributed by atoms with Gasteiger partial charge in [-0.1, -0.05) is 83.9 Å². The molecule has 0 aliphatic heterocycles. The van der Waals surface area contributed by atoms with E-state index in [0.717, 1.165) is 20.6 Å². The lowest BCUT2D eigenvalue weighted by molar-refractivity contribution is -0.119. The molecule has 0 aliphatic rings. The Balaban J connectivity index is 1.23. The number of anilines is 1. The zero-order valence-electron chi connectivity index (χ0n) is 22.2. The van der Waals surface area contributed by atoms with Crippen molar-refractivity contribution >= 4 is 61.8 Å². The van der Waals surface area contributed by atoms with E-state index in [-0.39, 0.29) is 20.6 Å². The summed E-state index contributed by atoms with van der Waals surface area (Å²) in [5.41, 5.74) is 4.38. The molecular weight excluding hydrogens is 593 g/mol. The van der Waals surface area contributed by atoms with E-state index in [1.165, 1.54) is 36.5 Å². The van der Waals surface area contributed by atoms with E-state index >= 15 is 0 Å². The van der Waals surface area contributed by atoms with Gasteiger partial charge in [0.05, 0.1) is 26.8 Å². The molecule has 0 aliphatic carbocycles. The topological polar surface area (TPSA) is 88.1 Å². The zero-order valence-corrected chi connectivity index (χ0v) is 24.5. The van der Waals surface area contributed by atoms with E-state index in [1.54, 1.807) is 30.3 Å². The first kappa shape index (κ1) is 29.1. The van der Waals surface area contributed by atoms with Crippen molar-refractivity contribution in [3.63, 3.8) is 0 Å². The van der Waals surface area contributed by atoms with Crippen LogP contribution in [0.3, 0.4) is 0 Å². The smallest absolute Gasteiger partial charge is 0.264 e. The summed E-state index contributed by atoms with van der Waals surface area (Å²) in [5.74, 6) is 0.0411. The molecule has 0 unspecified atom stereocenters. The van der Waals surface area contributed by atoms with Crippen molar-refractivity contribution in [1.29, 1.82) is 0 Å². The molecule has 212 valence electrons. The van der Waals surface area contributed by atoms with Crippen molar-refractivity contribution < 1.29 is 17.9 Å². The highest BCUT2D eigenvalue weighted by Crippen LogP contribution is 2.30. The summed E-state index contributed by atoms with van der Waals surface area (Å²) in [6.07, 6.45) is 1.46. The van der Waals surface area contributed by atoms with Gasteiger partial charge >= 0.3 is 0 Å².